The van der Waals surface area contributed by atoms with Gasteiger partial charge in [0.15, 0.2) is 6.23 Å². The number of fused-ring (bicyclic) bond motifs is 1. The molecule has 9 heteroatoms. The van der Waals surface area contributed by atoms with Gasteiger partial charge in [-0.2, -0.15) is 0 Å². The molecule has 3 heterocycles. The zero-order valence-corrected chi connectivity index (χ0v) is 15.6. The number of rotatable bonds is 4. The molecule has 1 atom stereocenters. The van der Waals surface area contributed by atoms with Gasteiger partial charge in [-0.1, -0.05) is 23.2 Å². The van der Waals surface area contributed by atoms with Gasteiger partial charge in [-0.25, -0.2) is 18.7 Å². The van der Waals surface area contributed by atoms with E-state index in [0.717, 1.165) is 12.1 Å². The summed E-state index contributed by atoms with van der Waals surface area (Å²) in [5.74, 6) is -1.20. The van der Waals surface area contributed by atoms with E-state index in [1.54, 1.807) is 28.8 Å². The smallest absolute Gasteiger partial charge is 0.169 e. The molecule has 0 fully saturated rings. The van der Waals surface area contributed by atoms with Crippen molar-refractivity contribution in [1.82, 2.24) is 14.4 Å². The van der Waals surface area contributed by atoms with Crippen LogP contribution < -0.4 is 5.32 Å². The second-order valence-electron chi connectivity index (χ2n) is 5.95. The Balaban J connectivity index is 1.87. The van der Waals surface area contributed by atoms with Crippen molar-refractivity contribution in [3.05, 3.63) is 82.2 Å². The van der Waals surface area contributed by atoms with Gasteiger partial charge >= 0.3 is 0 Å². The van der Waals surface area contributed by atoms with E-state index in [-0.39, 0.29) is 17.0 Å². The lowest BCUT2D eigenvalue weighted by Gasteiger charge is -2.15. The zero-order chi connectivity index (χ0) is 19.8. The Kier molecular flexibility index (Phi) is 4.89. The van der Waals surface area contributed by atoms with Crippen LogP contribution in [0.15, 0.2) is 54.9 Å². The van der Waals surface area contributed by atoms with E-state index in [1.165, 1.54) is 18.3 Å². The Hall–Kier alpha value is -2.74. The minimum absolute atomic E-state index is 0.0381. The monoisotopic (exact) mass is 420 g/mol. The minimum Gasteiger partial charge on any atom is -0.368 e. The molecule has 0 radical (unpaired) electrons. The van der Waals surface area contributed by atoms with E-state index in [0.29, 0.717) is 21.5 Å². The zero-order valence-electron chi connectivity index (χ0n) is 14.1. The van der Waals surface area contributed by atoms with Crippen molar-refractivity contribution in [2.75, 3.05) is 5.32 Å². The Bertz CT molecular complexity index is 1180. The molecule has 2 N–H and O–H groups in total. The van der Waals surface area contributed by atoms with Crippen LogP contribution in [-0.4, -0.2) is 19.5 Å². The third-order valence-corrected chi connectivity index (χ3v) is 4.55. The number of nitrogens with one attached hydrogen (secondary N) is 1. The second kappa shape index (κ2) is 7.35. The number of aromatic nitrogens is 3. The Morgan fingerprint density at radius 2 is 1.82 bits per heavy atom. The van der Waals surface area contributed by atoms with E-state index >= 15 is 0 Å². The van der Waals surface area contributed by atoms with Crippen molar-refractivity contribution in [1.29, 1.82) is 0 Å². The van der Waals surface area contributed by atoms with Crippen molar-refractivity contribution in [2.45, 2.75) is 6.23 Å². The summed E-state index contributed by atoms with van der Waals surface area (Å²) in [6, 6.07) is 9.45. The first-order valence-electron chi connectivity index (χ1n) is 8.11. The van der Waals surface area contributed by atoms with Crippen LogP contribution in [0.3, 0.4) is 0 Å². The van der Waals surface area contributed by atoms with Crippen LogP contribution in [-0.2, 0) is 0 Å². The van der Waals surface area contributed by atoms with Crippen molar-refractivity contribution >= 4 is 34.7 Å². The molecule has 1 unspecified atom stereocenters. The molecular weight excluding hydrogens is 409 g/mol. The Morgan fingerprint density at radius 3 is 2.57 bits per heavy atom. The van der Waals surface area contributed by atoms with Crippen molar-refractivity contribution in [3.63, 3.8) is 0 Å². The first-order valence-corrected chi connectivity index (χ1v) is 8.87. The highest BCUT2D eigenvalue weighted by molar-refractivity contribution is 6.31. The number of aliphatic hydroxyl groups excluding tert-OH is 1. The van der Waals surface area contributed by atoms with Gasteiger partial charge in [-0.05, 0) is 30.3 Å². The summed E-state index contributed by atoms with van der Waals surface area (Å²) in [7, 11) is 0. The molecule has 4 aromatic rings. The van der Waals surface area contributed by atoms with Gasteiger partial charge in [0.05, 0.1) is 5.69 Å². The third kappa shape index (κ3) is 3.52. The molecule has 0 aliphatic rings. The highest BCUT2D eigenvalue weighted by Gasteiger charge is 2.23. The van der Waals surface area contributed by atoms with Crippen LogP contribution in [0.2, 0.25) is 10.0 Å². The van der Waals surface area contributed by atoms with Gasteiger partial charge in [-0.15, -0.1) is 0 Å². The van der Waals surface area contributed by atoms with Gasteiger partial charge in [0, 0.05) is 40.1 Å². The molecule has 0 saturated heterocycles. The number of halogens is 4. The number of hydrogen-bond acceptors (Lipinski definition) is 4. The number of benzene rings is 1. The van der Waals surface area contributed by atoms with Crippen molar-refractivity contribution in [3.8, 4) is 11.3 Å². The summed E-state index contributed by atoms with van der Waals surface area (Å²) >= 11 is 12.0. The molecule has 142 valence electrons. The number of hydrogen-bond donors (Lipinski definition) is 2. The summed E-state index contributed by atoms with van der Waals surface area (Å²) in [5.41, 5.74) is 0.804. The maximum Gasteiger partial charge on any atom is 0.169 e. The van der Waals surface area contributed by atoms with Gasteiger partial charge in [0.1, 0.15) is 28.8 Å². The lowest BCUT2D eigenvalue weighted by atomic mass is 10.1. The first-order chi connectivity index (χ1) is 13.4. The fraction of sp³-hybridized carbons (Fsp3) is 0.0526. The van der Waals surface area contributed by atoms with Gasteiger partial charge in [-0.3, -0.25) is 4.40 Å². The molecule has 0 aliphatic heterocycles. The normalized spacial score (nSPS) is 12.3. The lowest BCUT2D eigenvalue weighted by Crippen LogP contribution is -2.14. The molecule has 0 bridgehead atoms. The molecule has 28 heavy (non-hydrogen) atoms. The van der Waals surface area contributed by atoms with Crippen LogP contribution in [0.5, 0.6) is 0 Å². The molecule has 3 aromatic heterocycles. The van der Waals surface area contributed by atoms with Crippen LogP contribution in [0.1, 0.15) is 11.9 Å². The summed E-state index contributed by atoms with van der Waals surface area (Å²) < 4.78 is 29.3. The SMILES string of the molecule is OC(Nc1cc(Cl)ccn1)c1c(-c2ccc(F)cc2F)nc2cc(Cl)ccn12. The van der Waals surface area contributed by atoms with E-state index in [4.69, 9.17) is 23.2 Å². The summed E-state index contributed by atoms with van der Waals surface area (Å²) in [4.78, 5) is 8.47. The van der Waals surface area contributed by atoms with Gasteiger partial charge < -0.3 is 10.4 Å². The summed E-state index contributed by atoms with van der Waals surface area (Å²) in [6.45, 7) is 0. The minimum atomic E-state index is -1.32. The summed E-state index contributed by atoms with van der Waals surface area (Å²) in [6.07, 6.45) is 1.76. The van der Waals surface area contributed by atoms with Crippen LogP contribution in [0.25, 0.3) is 16.9 Å². The first kappa shape index (κ1) is 18.6. The highest BCUT2D eigenvalue weighted by Crippen LogP contribution is 2.32. The number of nitrogens with zero attached hydrogens (tertiary/aromatic N) is 3. The fourth-order valence-electron chi connectivity index (χ4n) is 2.87. The van der Waals surface area contributed by atoms with Crippen LogP contribution >= 0.6 is 23.2 Å². The Labute approximate surface area is 168 Å². The van der Waals surface area contributed by atoms with Gasteiger partial charge in [0.2, 0.25) is 0 Å². The highest BCUT2D eigenvalue weighted by atomic mass is 35.5. The van der Waals surface area contributed by atoms with Crippen molar-refractivity contribution in [2.24, 2.45) is 0 Å². The number of anilines is 1. The maximum atomic E-state index is 14.4. The molecule has 4 rings (SSSR count). The maximum absolute atomic E-state index is 14.4. The van der Waals surface area contributed by atoms with Crippen molar-refractivity contribution < 1.29 is 13.9 Å². The fourth-order valence-corrected chi connectivity index (χ4v) is 3.19. The van der Waals surface area contributed by atoms with E-state index in [9.17, 15) is 13.9 Å². The van der Waals surface area contributed by atoms with E-state index < -0.39 is 17.9 Å². The molecule has 0 spiro atoms. The predicted molar refractivity (Wildman–Crippen MR) is 103 cm³/mol. The average molecular weight is 421 g/mol. The molecule has 0 saturated carbocycles. The number of pyridine rings is 2. The van der Waals surface area contributed by atoms with Gasteiger partial charge in [0.25, 0.3) is 0 Å². The number of imidazole rings is 1. The molecule has 5 nitrogen and oxygen atoms in total. The Morgan fingerprint density at radius 1 is 1.04 bits per heavy atom. The average Bonchev–Trinajstić information content (AvgIpc) is 2.99. The molecule has 1 aromatic carbocycles. The lowest BCUT2D eigenvalue weighted by molar-refractivity contribution is 0.202. The second-order valence-corrected chi connectivity index (χ2v) is 6.82. The molecular formula is C19H12Cl2F2N4O. The van der Waals surface area contributed by atoms with Crippen LogP contribution in [0.4, 0.5) is 14.6 Å². The summed E-state index contributed by atoms with van der Waals surface area (Å²) in [5, 5.41) is 14.5. The standard InChI is InChI=1S/C19H12Cl2F2N4O/c20-10-3-5-24-15(7-10)25-19(28)18-17(13-2-1-12(22)9-14(13)23)26-16-8-11(21)4-6-27(16)18/h1-9,19,28H,(H,24,25). The third-order valence-electron chi connectivity index (χ3n) is 4.08. The largest absolute Gasteiger partial charge is 0.368 e. The predicted octanol–water partition coefficient (Wildman–Crippen LogP) is 5.08. The van der Waals surface area contributed by atoms with Crippen LogP contribution in [0, 0.1) is 11.6 Å². The topological polar surface area (TPSA) is 62.5 Å². The van der Waals surface area contributed by atoms with E-state index in [1.807, 2.05) is 0 Å². The van der Waals surface area contributed by atoms with E-state index in [2.05, 4.69) is 15.3 Å². The molecule has 0 amide bonds. The quantitative estimate of drug-likeness (QED) is 0.451. The molecule has 0 aliphatic carbocycles. The number of aliphatic hydroxyl groups is 1.